The topological polar surface area (TPSA) is 139 Å². The zero-order valence-electron chi connectivity index (χ0n) is 19.7. The first-order valence-electron chi connectivity index (χ1n) is 11.1. The van der Waals surface area contributed by atoms with Crippen LogP contribution in [0.4, 0.5) is 0 Å². The van der Waals surface area contributed by atoms with Crippen LogP contribution in [0.5, 0.6) is 5.75 Å². The van der Waals surface area contributed by atoms with Crippen molar-refractivity contribution in [2.45, 2.75) is 6.92 Å². The SMILES string of the molecule is Cc1ccccc1C(=O)c1ccccc1.O=C(O)c1ccccc1O.OCCN(CCO)CCO. The Hall–Kier alpha value is -3.56. The maximum absolute atomic E-state index is 12.1. The Morgan fingerprint density at radius 3 is 1.57 bits per heavy atom. The Morgan fingerprint density at radius 2 is 1.14 bits per heavy atom. The predicted octanol–water partition coefficient (Wildman–Crippen LogP) is 2.58. The number of aromatic hydroxyl groups is 1. The fourth-order valence-corrected chi connectivity index (χ4v) is 2.99. The molecule has 0 radical (unpaired) electrons. The Morgan fingerprint density at radius 1 is 0.686 bits per heavy atom. The van der Waals surface area contributed by atoms with Gasteiger partial charge in [-0.05, 0) is 24.6 Å². The zero-order valence-corrected chi connectivity index (χ0v) is 19.7. The van der Waals surface area contributed by atoms with Crippen LogP contribution in [0.2, 0.25) is 0 Å². The van der Waals surface area contributed by atoms with Gasteiger partial charge in [-0.15, -0.1) is 0 Å². The van der Waals surface area contributed by atoms with E-state index in [1.165, 1.54) is 12.1 Å². The highest BCUT2D eigenvalue weighted by molar-refractivity contribution is 6.09. The smallest absolute Gasteiger partial charge is 0.339 e. The van der Waals surface area contributed by atoms with Crippen molar-refractivity contribution >= 4 is 11.8 Å². The van der Waals surface area contributed by atoms with Gasteiger partial charge in [-0.3, -0.25) is 9.69 Å². The van der Waals surface area contributed by atoms with Crippen LogP contribution >= 0.6 is 0 Å². The van der Waals surface area contributed by atoms with E-state index in [9.17, 15) is 9.59 Å². The molecule has 0 atom stereocenters. The first-order valence-corrected chi connectivity index (χ1v) is 11.1. The molecule has 0 aliphatic rings. The van der Waals surface area contributed by atoms with E-state index < -0.39 is 5.97 Å². The number of aliphatic hydroxyl groups is 3. The minimum atomic E-state index is -1.11. The Kier molecular flexibility index (Phi) is 14.3. The molecule has 8 heteroatoms. The average Bonchev–Trinajstić information content (AvgIpc) is 2.86. The molecular weight excluding hydrogens is 450 g/mol. The molecule has 0 amide bonds. The van der Waals surface area contributed by atoms with E-state index in [4.69, 9.17) is 25.5 Å². The van der Waals surface area contributed by atoms with Crippen molar-refractivity contribution in [2.24, 2.45) is 0 Å². The molecule has 0 aliphatic heterocycles. The maximum Gasteiger partial charge on any atom is 0.339 e. The molecule has 0 saturated carbocycles. The number of para-hydroxylation sites is 1. The largest absolute Gasteiger partial charge is 0.507 e. The number of ketones is 1. The molecule has 0 bridgehead atoms. The minimum absolute atomic E-state index is 0.0671. The average molecular weight is 484 g/mol. The molecule has 3 aromatic rings. The number of carbonyl (C=O) groups excluding carboxylic acids is 1. The third kappa shape index (κ3) is 10.9. The number of rotatable bonds is 9. The molecule has 8 nitrogen and oxygen atoms in total. The van der Waals surface area contributed by atoms with Crippen LogP contribution in [0.3, 0.4) is 0 Å². The number of hydrogen-bond acceptors (Lipinski definition) is 7. The Balaban J connectivity index is 0.000000273. The molecule has 0 saturated heterocycles. The van der Waals surface area contributed by atoms with Crippen LogP contribution in [0.25, 0.3) is 0 Å². The van der Waals surface area contributed by atoms with Gasteiger partial charge < -0.3 is 25.5 Å². The number of carboxylic acid groups (broad SMARTS) is 1. The lowest BCUT2D eigenvalue weighted by Crippen LogP contribution is -2.32. The van der Waals surface area contributed by atoms with Crippen molar-refractivity contribution in [3.63, 3.8) is 0 Å². The van der Waals surface area contributed by atoms with Gasteiger partial charge in [-0.2, -0.15) is 0 Å². The van der Waals surface area contributed by atoms with E-state index in [0.29, 0.717) is 19.6 Å². The molecule has 0 aliphatic carbocycles. The second-order valence-electron chi connectivity index (χ2n) is 7.34. The summed E-state index contributed by atoms with van der Waals surface area (Å²) in [6.45, 7) is 3.71. The molecule has 188 valence electrons. The molecule has 3 rings (SSSR count). The highest BCUT2D eigenvalue weighted by Gasteiger charge is 2.09. The maximum atomic E-state index is 12.1. The lowest BCUT2D eigenvalue weighted by molar-refractivity contribution is 0.0693. The van der Waals surface area contributed by atoms with Crippen molar-refractivity contribution < 1.29 is 35.1 Å². The third-order valence-corrected chi connectivity index (χ3v) is 4.81. The van der Waals surface area contributed by atoms with E-state index in [1.807, 2.05) is 61.5 Å². The van der Waals surface area contributed by atoms with Gasteiger partial charge in [-0.25, -0.2) is 4.79 Å². The van der Waals surface area contributed by atoms with Gasteiger partial charge in [-0.1, -0.05) is 66.7 Å². The molecule has 5 N–H and O–H groups in total. The second kappa shape index (κ2) is 17.0. The molecule has 0 aromatic heterocycles. The number of aromatic carboxylic acids is 1. The predicted molar refractivity (Wildman–Crippen MR) is 134 cm³/mol. The van der Waals surface area contributed by atoms with E-state index in [0.717, 1.165) is 16.7 Å². The number of nitrogens with zero attached hydrogens (tertiary/aromatic N) is 1. The molecule has 0 unspecified atom stereocenters. The lowest BCUT2D eigenvalue weighted by Gasteiger charge is -2.17. The van der Waals surface area contributed by atoms with Gasteiger partial charge in [0.15, 0.2) is 5.78 Å². The van der Waals surface area contributed by atoms with Crippen LogP contribution in [0.1, 0.15) is 31.8 Å². The summed E-state index contributed by atoms with van der Waals surface area (Å²) in [4.78, 5) is 24.1. The number of hydrogen-bond donors (Lipinski definition) is 5. The van der Waals surface area contributed by atoms with E-state index in [2.05, 4.69) is 0 Å². The first-order chi connectivity index (χ1) is 16.8. The van der Waals surface area contributed by atoms with Crippen LogP contribution in [-0.4, -0.2) is 81.6 Å². The number of carbonyl (C=O) groups is 2. The summed E-state index contributed by atoms with van der Waals surface area (Å²) in [5, 5.41) is 42.8. The quantitative estimate of drug-likeness (QED) is 0.293. The van der Waals surface area contributed by atoms with Gasteiger partial charge in [0.1, 0.15) is 11.3 Å². The van der Waals surface area contributed by atoms with Crippen molar-refractivity contribution in [1.82, 2.24) is 4.90 Å². The summed E-state index contributed by atoms with van der Waals surface area (Å²) in [7, 11) is 0. The summed E-state index contributed by atoms with van der Waals surface area (Å²) in [5.41, 5.74) is 2.48. The molecule has 0 spiro atoms. The van der Waals surface area contributed by atoms with Crippen LogP contribution in [0.15, 0.2) is 78.9 Å². The summed E-state index contributed by atoms with van der Waals surface area (Å²) < 4.78 is 0. The summed E-state index contributed by atoms with van der Waals surface area (Å²) in [6, 6.07) is 22.8. The van der Waals surface area contributed by atoms with Crippen molar-refractivity contribution in [3.05, 3.63) is 101 Å². The van der Waals surface area contributed by atoms with Crippen LogP contribution < -0.4 is 0 Å². The zero-order chi connectivity index (χ0) is 26.1. The number of aliphatic hydroxyl groups excluding tert-OH is 3. The molecular formula is C27H33NO7. The standard InChI is InChI=1S/C14H12O.C7H6O3.C6H15NO3/c1-11-7-5-6-10-13(11)14(15)12-8-3-2-4-9-12;8-6-4-2-1-3-5(6)7(9)10;8-4-1-7(2-5-9)3-6-10/h2-10H,1H3;1-4,8H,(H,9,10);8-10H,1-6H2. The summed E-state index contributed by atoms with van der Waals surface area (Å²) in [6.07, 6.45) is 0. The highest BCUT2D eigenvalue weighted by atomic mass is 16.4. The van der Waals surface area contributed by atoms with Gasteiger partial charge in [0.05, 0.1) is 19.8 Å². The monoisotopic (exact) mass is 483 g/mol. The molecule has 3 aromatic carbocycles. The van der Waals surface area contributed by atoms with Gasteiger partial charge in [0.2, 0.25) is 0 Å². The summed E-state index contributed by atoms with van der Waals surface area (Å²) >= 11 is 0. The third-order valence-electron chi connectivity index (χ3n) is 4.81. The lowest BCUT2D eigenvalue weighted by atomic mass is 9.99. The number of phenols is 1. The number of carboxylic acids is 1. The van der Waals surface area contributed by atoms with Gasteiger partial charge in [0, 0.05) is 30.8 Å². The summed E-state index contributed by atoms with van der Waals surface area (Å²) in [5.74, 6) is -1.22. The van der Waals surface area contributed by atoms with Gasteiger partial charge >= 0.3 is 5.97 Å². The van der Waals surface area contributed by atoms with E-state index in [1.54, 1.807) is 17.0 Å². The van der Waals surface area contributed by atoms with Gasteiger partial charge in [0.25, 0.3) is 0 Å². The Labute approximate surface area is 205 Å². The number of aryl methyl sites for hydroxylation is 1. The van der Waals surface area contributed by atoms with Crippen molar-refractivity contribution in [3.8, 4) is 5.75 Å². The fourth-order valence-electron chi connectivity index (χ4n) is 2.99. The minimum Gasteiger partial charge on any atom is -0.507 e. The molecule has 35 heavy (non-hydrogen) atoms. The van der Waals surface area contributed by atoms with Crippen LogP contribution in [-0.2, 0) is 0 Å². The normalized spacial score (nSPS) is 9.97. The molecule has 0 heterocycles. The fraction of sp³-hybridized carbons (Fsp3) is 0.259. The van der Waals surface area contributed by atoms with Crippen LogP contribution in [0, 0.1) is 6.92 Å². The Bertz CT molecular complexity index is 1010. The van der Waals surface area contributed by atoms with Crippen molar-refractivity contribution in [1.29, 1.82) is 0 Å². The highest BCUT2D eigenvalue weighted by Crippen LogP contribution is 2.14. The van der Waals surface area contributed by atoms with E-state index in [-0.39, 0.29) is 36.9 Å². The second-order valence-corrected chi connectivity index (χ2v) is 7.34. The first kappa shape index (κ1) is 29.5. The molecule has 0 fully saturated rings. The van der Waals surface area contributed by atoms with Crippen molar-refractivity contribution in [2.75, 3.05) is 39.5 Å². The number of benzene rings is 3. The van der Waals surface area contributed by atoms with E-state index >= 15 is 0 Å².